The summed E-state index contributed by atoms with van der Waals surface area (Å²) in [5.41, 5.74) is 4.04. The molecule has 31 heavy (non-hydrogen) atoms. The van der Waals surface area contributed by atoms with Crippen LogP contribution in [-0.4, -0.2) is 33.8 Å². The minimum Gasteiger partial charge on any atom is -0.502 e. The number of pyridine rings is 1. The van der Waals surface area contributed by atoms with E-state index in [-0.39, 0.29) is 23.7 Å². The third kappa shape index (κ3) is 2.07. The molecular formula is C25H23N3O3. The molecule has 2 aromatic carbocycles. The van der Waals surface area contributed by atoms with Crippen LogP contribution in [0.5, 0.6) is 5.75 Å². The van der Waals surface area contributed by atoms with Crippen LogP contribution in [-0.2, 0) is 18.4 Å². The van der Waals surface area contributed by atoms with Crippen molar-refractivity contribution in [2.75, 3.05) is 12.1 Å². The van der Waals surface area contributed by atoms with Gasteiger partial charge in [-0.3, -0.25) is 19.3 Å². The lowest BCUT2D eigenvalue weighted by Crippen LogP contribution is -2.67. The number of aromatic nitrogens is 1. The molecule has 0 radical (unpaired) electrons. The van der Waals surface area contributed by atoms with Crippen LogP contribution in [0, 0.1) is 5.92 Å². The van der Waals surface area contributed by atoms with E-state index in [1.54, 1.807) is 22.8 Å². The Labute approximate surface area is 179 Å². The molecule has 1 atom stereocenters. The van der Waals surface area contributed by atoms with Crippen LogP contribution in [0.4, 0.5) is 0 Å². The first-order chi connectivity index (χ1) is 15.0. The van der Waals surface area contributed by atoms with Crippen molar-refractivity contribution in [2.24, 2.45) is 5.92 Å². The number of carbonyl (C=O) groups excluding carboxylic acids is 1. The largest absolute Gasteiger partial charge is 0.502 e. The summed E-state index contributed by atoms with van der Waals surface area (Å²) >= 11 is 0. The van der Waals surface area contributed by atoms with Gasteiger partial charge in [0.15, 0.2) is 11.4 Å². The van der Waals surface area contributed by atoms with E-state index >= 15 is 0 Å². The van der Waals surface area contributed by atoms with Crippen LogP contribution >= 0.6 is 0 Å². The van der Waals surface area contributed by atoms with E-state index in [9.17, 15) is 14.7 Å². The number of carbonyl (C=O) groups is 1. The van der Waals surface area contributed by atoms with E-state index in [1.807, 2.05) is 6.92 Å². The molecule has 6 nitrogen and oxygen atoms in total. The lowest BCUT2D eigenvalue weighted by molar-refractivity contribution is 0.0586. The van der Waals surface area contributed by atoms with Gasteiger partial charge in [0.25, 0.3) is 5.91 Å². The Hall–Kier alpha value is -3.54. The predicted molar refractivity (Wildman–Crippen MR) is 117 cm³/mol. The van der Waals surface area contributed by atoms with Gasteiger partial charge in [-0.25, -0.2) is 0 Å². The molecule has 3 aliphatic rings. The zero-order valence-corrected chi connectivity index (χ0v) is 17.4. The molecular weight excluding hydrogens is 390 g/mol. The number of fused-ring (bicyclic) bond motifs is 6. The van der Waals surface area contributed by atoms with Crippen LogP contribution in [0.25, 0.3) is 0 Å². The highest BCUT2D eigenvalue weighted by Crippen LogP contribution is 2.57. The monoisotopic (exact) mass is 413 g/mol. The smallest absolute Gasteiger partial charge is 0.277 e. The van der Waals surface area contributed by atoms with Crippen molar-refractivity contribution < 1.29 is 9.90 Å². The topological polar surface area (TPSA) is 65.8 Å². The Bertz CT molecular complexity index is 1260. The molecule has 6 rings (SSSR count). The minimum atomic E-state index is -0.546. The lowest BCUT2D eigenvalue weighted by Gasteiger charge is -2.53. The van der Waals surface area contributed by atoms with Crippen LogP contribution in [0.15, 0.2) is 65.6 Å². The fraction of sp³-hybridized carbons (Fsp3) is 0.280. The number of rotatable bonds is 1. The van der Waals surface area contributed by atoms with Crippen LogP contribution < -0.4 is 10.4 Å². The number of benzene rings is 2. The van der Waals surface area contributed by atoms with Gasteiger partial charge < -0.3 is 10.0 Å². The molecule has 6 heteroatoms. The van der Waals surface area contributed by atoms with Crippen LogP contribution in [0.3, 0.4) is 0 Å². The standard InChI is InChI=1S/C25H23N3O3/c1-15-26(2)24(31)22-23(30)21(29)11-12-27(22)28(15)25-18(13-16-7-3-5-9-19(16)25)14-17-8-4-6-10-20(17)25/h3-12,15,18,30H,13-14H2,1-2H3. The molecule has 2 aliphatic carbocycles. The zero-order valence-electron chi connectivity index (χ0n) is 17.4. The van der Waals surface area contributed by atoms with Crippen molar-refractivity contribution in [2.45, 2.75) is 31.5 Å². The van der Waals surface area contributed by atoms with Gasteiger partial charge in [0.2, 0.25) is 5.43 Å². The number of amides is 1. The first kappa shape index (κ1) is 18.2. The SMILES string of the molecule is CC1N(C)C(=O)c2c(O)c(=O)ccn2N1C12c3ccccc3CC1Cc1ccccc12. The second kappa shape index (κ2) is 6.00. The molecule has 3 aromatic rings. The average molecular weight is 413 g/mol. The Kier molecular flexibility index (Phi) is 3.53. The summed E-state index contributed by atoms with van der Waals surface area (Å²) < 4.78 is 1.72. The van der Waals surface area contributed by atoms with Crippen molar-refractivity contribution in [3.8, 4) is 5.75 Å². The third-order valence-corrected chi connectivity index (χ3v) is 7.46. The fourth-order valence-corrected chi connectivity index (χ4v) is 6.10. The van der Waals surface area contributed by atoms with E-state index in [2.05, 4.69) is 53.5 Å². The number of aromatic hydroxyl groups is 1. The van der Waals surface area contributed by atoms with E-state index < -0.39 is 16.7 Å². The summed E-state index contributed by atoms with van der Waals surface area (Å²) in [4.78, 5) is 27.0. The van der Waals surface area contributed by atoms with Gasteiger partial charge in [0, 0.05) is 25.2 Å². The van der Waals surface area contributed by atoms with Gasteiger partial charge in [-0.1, -0.05) is 48.5 Å². The molecule has 0 fully saturated rings. The summed E-state index contributed by atoms with van der Waals surface area (Å²) in [6.07, 6.45) is 3.22. The summed E-state index contributed by atoms with van der Waals surface area (Å²) in [5, 5.41) is 12.8. The molecule has 0 saturated heterocycles. The molecule has 1 N–H and O–H groups in total. The number of nitrogens with zero attached hydrogens (tertiary/aromatic N) is 3. The van der Waals surface area contributed by atoms with E-state index in [0.717, 1.165) is 12.8 Å². The molecule has 0 bridgehead atoms. The lowest BCUT2D eigenvalue weighted by atomic mass is 9.81. The maximum absolute atomic E-state index is 13.1. The maximum Gasteiger partial charge on any atom is 0.277 e. The molecule has 1 aromatic heterocycles. The molecule has 156 valence electrons. The van der Waals surface area contributed by atoms with Crippen molar-refractivity contribution in [1.29, 1.82) is 0 Å². The van der Waals surface area contributed by atoms with Crippen molar-refractivity contribution in [3.05, 3.63) is 99.0 Å². The summed E-state index contributed by atoms with van der Waals surface area (Å²) in [6, 6.07) is 18.4. The molecule has 1 aliphatic heterocycles. The zero-order chi connectivity index (χ0) is 21.5. The highest BCUT2D eigenvalue weighted by molar-refractivity contribution is 5.96. The van der Waals surface area contributed by atoms with Gasteiger partial charge in [0.1, 0.15) is 11.7 Å². The van der Waals surface area contributed by atoms with Crippen molar-refractivity contribution >= 4 is 5.91 Å². The Morgan fingerprint density at radius 1 is 0.935 bits per heavy atom. The second-order valence-electron chi connectivity index (χ2n) is 8.80. The van der Waals surface area contributed by atoms with E-state index in [4.69, 9.17) is 0 Å². The summed E-state index contributed by atoms with van der Waals surface area (Å²) in [6.45, 7) is 2.00. The van der Waals surface area contributed by atoms with Gasteiger partial charge in [-0.15, -0.1) is 0 Å². The predicted octanol–water partition coefficient (Wildman–Crippen LogP) is 2.60. The summed E-state index contributed by atoms with van der Waals surface area (Å²) in [7, 11) is 1.73. The van der Waals surface area contributed by atoms with Gasteiger partial charge >= 0.3 is 0 Å². The normalized spacial score (nSPS) is 25.8. The molecule has 0 saturated carbocycles. The van der Waals surface area contributed by atoms with Gasteiger partial charge in [-0.05, 0) is 42.0 Å². The molecule has 1 unspecified atom stereocenters. The van der Waals surface area contributed by atoms with Gasteiger partial charge in [-0.2, -0.15) is 0 Å². The fourth-order valence-electron chi connectivity index (χ4n) is 6.10. The summed E-state index contributed by atoms with van der Waals surface area (Å²) in [5.74, 6) is -0.577. The molecule has 0 spiro atoms. The quantitative estimate of drug-likeness (QED) is 0.666. The van der Waals surface area contributed by atoms with Crippen LogP contribution in [0.1, 0.15) is 39.7 Å². The van der Waals surface area contributed by atoms with E-state index in [0.29, 0.717) is 0 Å². The van der Waals surface area contributed by atoms with Crippen molar-refractivity contribution in [3.63, 3.8) is 0 Å². The first-order valence-corrected chi connectivity index (χ1v) is 10.6. The van der Waals surface area contributed by atoms with E-state index in [1.165, 1.54) is 28.3 Å². The van der Waals surface area contributed by atoms with Crippen LogP contribution in [0.2, 0.25) is 0 Å². The average Bonchev–Trinajstić information content (AvgIpc) is 3.26. The maximum atomic E-state index is 13.1. The van der Waals surface area contributed by atoms with Crippen molar-refractivity contribution in [1.82, 2.24) is 9.58 Å². The molecule has 1 amide bonds. The minimum absolute atomic E-state index is 0.0231. The van der Waals surface area contributed by atoms with Gasteiger partial charge in [0.05, 0.1) is 0 Å². The number of hydrogen-bond acceptors (Lipinski definition) is 4. The Morgan fingerprint density at radius 2 is 1.52 bits per heavy atom. The first-order valence-electron chi connectivity index (χ1n) is 10.6. The Balaban J connectivity index is 1.73. The highest BCUT2D eigenvalue weighted by Gasteiger charge is 2.59. The third-order valence-electron chi connectivity index (χ3n) is 7.46. The molecule has 2 heterocycles. The Morgan fingerprint density at radius 3 is 2.13 bits per heavy atom. The second-order valence-corrected chi connectivity index (χ2v) is 8.80. The number of hydrogen-bond donors (Lipinski definition) is 1. The highest BCUT2D eigenvalue weighted by atomic mass is 16.3.